The number of benzene rings is 3. The molecular weight excluding hydrogens is 488 g/mol. The van der Waals surface area contributed by atoms with Crippen LogP contribution in [-0.4, -0.2) is 0 Å². The summed E-state index contributed by atoms with van der Waals surface area (Å²) in [7, 11) is 0. The second-order valence-corrected chi connectivity index (χ2v) is 10.9. The molecule has 0 N–H and O–H groups in total. The van der Waals surface area contributed by atoms with E-state index in [-0.39, 0.29) is 12.0 Å². The molecule has 40 heavy (non-hydrogen) atoms. The second kappa shape index (κ2) is 8.34. The summed E-state index contributed by atoms with van der Waals surface area (Å²) in [6.07, 6.45) is 5.27. The summed E-state index contributed by atoms with van der Waals surface area (Å²) < 4.78 is 4.78. The smallest absolute Gasteiger partial charge is 0.192 e. The van der Waals surface area contributed by atoms with Crippen LogP contribution in [0.1, 0.15) is 45.5 Å². The summed E-state index contributed by atoms with van der Waals surface area (Å²) in [5.74, 6) is 0.0440. The first-order valence-corrected chi connectivity index (χ1v) is 13.6. The summed E-state index contributed by atoms with van der Waals surface area (Å²) >= 11 is 0. The van der Waals surface area contributed by atoms with E-state index in [9.17, 15) is 10.5 Å². The van der Waals surface area contributed by atoms with Gasteiger partial charge in [0.1, 0.15) is 12.1 Å². The molecule has 0 spiro atoms. The fourth-order valence-corrected chi connectivity index (χ4v) is 7.15. The first-order valence-electron chi connectivity index (χ1n) is 13.6. The van der Waals surface area contributed by atoms with Gasteiger partial charge in [-0.3, -0.25) is 0 Å². The first-order chi connectivity index (χ1) is 19.7. The fraction of sp³-hybridized carbons (Fsp3) is 0.111. The Hall–Kier alpha value is -5.32. The van der Waals surface area contributed by atoms with Crippen molar-refractivity contribution in [3.05, 3.63) is 137 Å². The van der Waals surface area contributed by atoms with Gasteiger partial charge < -0.3 is 0 Å². The highest BCUT2D eigenvalue weighted by Crippen LogP contribution is 2.50. The van der Waals surface area contributed by atoms with Crippen molar-refractivity contribution in [2.45, 2.75) is 25.3 Å². The third-order valence-corrected chi connectivity index (χ3v) is 8.79. The van der Waals surface area contributed by atoms with Crippen molar-refractivity contribution in [1.29, 1.82) is 10.5 Å². The summed E-state index contributed by atoms with van der Waals surface area (Å²) in [6, 6.07) is 36.5. The quantitative estimate of drug-likeness (QED) is 0.187. The van der Waals surface area contributed by atoms with E-state index in [1.54, 1.807) is 6.07 Å². The van der Waals surface area contributed by atoms with E-state index in [0.717, 1.165) is 23.2 Å². The van der Waals surface area contributed by atoms with Gasteiger partial charge in [0, 0.05) is 29.3 Å². The highest BCUT2D eigenvalue weighted by Gasteiger charge is 2.53. The van der Waals surface area contributed by atoms with E-state index < -0.39 is 0 Å². The van der Waals surface area contributed by atoms with Crippen molar-refractivity contribution < 1.29 is 8.97 Å². The fourth-order valence-electron chi connectivity index (χ4n) is 7.15. The van der Waals surface area contributed by atoms with Gasteiger partial charge in [0.25, 0.3) is 5.69 Å². The average Bonchev–Trinajstić information content (AvgIpc) is 3.42. The molecule has 2 aliphatic rings. The number of hydrogen-bond donors (Lipinski definition) is 0. The van der Waals surface area contributed by atoms with Crippen LogP contribution in [0.4, 0.5) is 0 Å². The van der Waals surface area contributed by atoms with Gasteiger partial charge >= 0.3 is 0 Å². The topological polar surface area (TPSA) is 55.6 Å². The molecule has 0 saturated carbocycles. The lowest BCUT2D eigenvalue weighted by atomic mass is 9.80. The van der Waals surface area contributed by atoms with Crippen LogP contribution in [0.2, 0.25) is 0 Å². The number of aryl methyl sites for hydroxylation is 1. The molecule has 3 aromatic carbocycles. The van der Waals surface area contributed by atoms with Gasteiger partial charge in [0.05, 0.1) is 28.0 Å². The maximum Gasteiger partial charge on any atom is 0.261 e. The van der Waals surface area contributed by atoms with Gasteiger partial charge in [0.15, 0.2) is 12.4 Å². The number of hydrogen-bond acceptors (Lipinski definition) is 2. The molecule has 0 saturated heterocycles. The van der Waals surface area contributed by atoms with Gasteiger partial charge in [-0.05, 0) is 59.7 Å². The monoisotopic (exact) mass is 512 g/mol. The van der Waals surface area contributed by atoms with Crippen molar-refractivity contribution in [2.75, 3.05) is 0 Å². The van der Waals surface area contributed by atoms with E-state index in [0.29, 0.717) is 11.1 Å². The zero-order valence-electron chi connectivity index (χ0n) is 22.0. The average molecular weight is 513 g/mol. The molecule has 0 bridgehead atoms. The molecule has 3 aromatic heterocycles. The third-order valence-electron chi connectivity index (χ3n) is 8.79. The Morgan fingerprint density at radius 3 is 2.40 bits per heavy atom. The third kappa shape index (κ3) is 2.99. The summed E-state index contributed by atoms with van der Waals surface area (Å²) in [6.45, 7) is 2.13. The minimum Gasteiger partial charge on any atom is -0.192 e. The van der Waals surface area contributed by atoms with Crippen LogP contribution in [0.25, 0.3) is 38.7 Å². The minimum atomic E-state index is -0.00174. The highest BCUT2D eigenvalue weighted by molar-refractivity contribution is 5.97. The molecule has 0 amide bonds. The zero-order chi connectivity index (χ0) is 27.0. The molecule has 0 fully saturated rings. The van der Waals surface area contributed by atoms with Gasteiger partial charge in [0.2, 0.25) is 17.3 Å². The van der Waals surface area contributed by atoms with Crippen LogP contribution < -0.4 is 8.97 Å². The molecule has 4 heteroatoms. The molecule has 1 aliphatic carbocycles. The van der Waals surface area contributed by atoms with Crippen molar-refractivity contribution in [3.63, 3.8) is 0 Å². The SMILES string of the molecule is Cc1ccc2[n+](c1)C1c3c(c4ccccc4c4cc(-c5ccccc5)cc[n+]34)CC1c1c-2ccc(C#N)c1C#N. The van der Waals surface area contributed by atoms with E-state index in [1.807, 2.05) is 12.1 Å². The lowest BCUT2D eigenvalue weighted by Crippen LogP contribution is -2.50. The van der Waals surface area contributed by atoms with Crippen molar-refractivity contribution in [3.8, 4) is 34.5 Å². The van der Waals surface area contributed by atoms with Gasteiger partial charge in [-0.25, -0.2) is 0 Å². The lowest BCUT2D eigenvalue weighted by Gasteiger charge is -2.26. The van der Waals surface area contributed by atoms with Gasteiger partial charge in [-0.1, -0.05) is 48.5 Å². The van der Waals surface area contributed by atoms with E-state index in [1.165, 1.54) is 44.2 Å². The normalized spacial score (nSPS) is 16.5. The van der Waals surface area contributed by atoms with E-state index in [4.69, 9.17) is 0 Å². The van der Waals surface area contributed by atoms with Crippen LogP contribution in [0.15, 0.2) is 103 Å². The zero-order valence-corrected chi connectivity index (χ0v) is 22.0. The molecule has 4 nitrogen and oxygen atoms in total. The number of nitrogens with zero attached hydrogens (tertiary/aromatic N) is 4. The summed E-state index contributed by atoms with van der Waals surface area (Å²) in [5, 5.41) is 22.7. The lowest BCUT2D eigenvalue weighted by molar-refractivity contribution is -0.724. The maximum atomic E-state index is 10.3. The Bertz CT molecular complexity index is 2130. The Kier molecular flexibility index (Phi) is 4.72. The number of aromatic nitrogens is 2. The predicted molar refractivity (Wildman–Crippen MR) is 153 cm³/mol. The molecule has 8 rings (SSSR count). The van der Waals surface area contributed by atoms with Gasteiger partial charge in [-0.2, -0.15) is 19.5 Å². The Morgan fingerprint density at radius 2 is 1.60 bits per heavy atom. The van der Waals surface area contributed by atoms with Crippen molar-refractivity contribution >= 4 is 16.3 Å². The predicted octanol–water partition coefficient (Wildman–Crippen LogP) is 6.49. The molecule has 4 heterocycles. The van der Waals surface area contributed by atoms with E-state index in [2.05, 4.69) is 113 Å². The summed E-state index contributed by atoms with van der Waals surface area (Å²) in [5.41, 5.74) is 11.4. The maximum absolute atomic E-state index is 10.3. The van der Waals surface area contributed by atoms with E-state index >= 15 is 0 Å². The largest absolute Gasteiger partial charge is 0.261 e. The van der Waals surface area contributed by atoms with Crippen LogP contribution in [0, 0.1) is 29.6 Å². The van der Waals surface area contributed by atoms with Crippen molar-refractivity contribution in [1.82, 2.24) is 0 Å². The number of rotatable bonds is 1. The Balaban J connectivity index is 1.49. The molecule has 0 radical (unpaired) electrons. The van der Waals surface area contributed by atoms with Crippen molar-refractivity contribution in [2.24, 2.45) is 0 Å². The van der Waals surface area contributed by atoms with Crippen LogP contribution in [0.5, 0.6) is 0 Å². The molecule has 2 unspecified atom stereocenters. The molecule has 6 aromatic rings. The number of fused-ring (bicyclic) bond motifs is 13. The molecule has 2 atom stereocenters. The highest BCUT2D eigenvalue weighted by atomic mass is 15.1. The first kappa shape index (κ1) is 22.6. The van der Waals surface area contributed by atoms with Crippen LogP contribution in [-0.2, 0) is 6.42 Å². The molecule has 1 aliphatic heterocycles. The van der Waals surface area contributed by atoms with Crippen LogP contribution >= 0.6 is 0 Å². The molecular formula is C36H24N4+2. The Morgan fingerprint density at radius 1 is 0.800 bits per heavy atom. The second-order valence-electron chi connectivity index (χ2n) is 10.9. The summed E-state index contributed by atoms with van der Waals surface area (Å²) in [4.78, 5) is 0. The van der Waals surface area contributed by atoms with Gasteiger partial charge in [-0.15, -0.1) is 0 Å². The number of pyridine rings is 3. The standard InChI is InChI=1S/C36H24N4/c1-22-11-14-32-28-13-12-25(19-37)31(20-38)34(28)30-18-29-26-9-5-6-10-27(26)33-17-24(23-7-3-2-4-8-23)15-16-39(33)35(29)36(30)40(32)21-22/h2-17,21,30,36H,18H2,1H3/q+2. The molecule has 186 valence electrons. The number of nitriles is 2. The Labute approximate surface area is 232 Å². The minimum absolute atomic E-state index is 0.00174. The van der Waals surface area contributed by atoms with Crippen LogP contribution in [0.3, 0.4) is 0 Å².